The topological polar surface area (TPSA) is 75.4 Å². The molecular weight excluding hydrogens is 310 g/mol. The molecule has 1 atom stereocenters. The molecule has 0 aliphatic carbocycles. The number of aryl methyl sites for hydroxylation is 1. The first kappa shape index (κ1) is 14.0. The van der Waals surface area contributed by atoms with Crippen molar-refractivity contribution in [1.29, 1.82) is 0 Å². The second kappa shape index (κ2) is 5.71. The van der Waals surface area contributed by atoms with E-state index in [0.717, 1.165) is 10.0 Å². The molecule has 1 aliphatic heterocycles. The van der Waals surface area contributed by atoms with Gasteiger partial charge in [-0.25, -0.2) is 0 Å². The van der Waals surface area contributed by atoms with Crippen LogP contribution < -0.4 is 11.1 Å². The molecule has 1 heterocycles. The van der Waals surface area contributed by atoms with Crippen LogP contribution in [0.4, 0.5) is 0 Å². The first-order chi connectivity index (χ1) is 9.00. The van der Waals surface area contributed by atoms with Crippen LogP contribution in [0.25, 0.3) is 0 Å². The first-order valence-corrected chi connectivity index (χ1v) is 6.87. The van der Waals surface area contributed by atoms with Crippen molar-refractivity contribution in [3.05, 3.63) is 33.8 Å². The van der Waals surface area contributed by atoms with E-state index < -0.39 is 11.9 Å². The summed E-state index contributed by atoms with van der Waals surface area (Å²) in [6, 6.07) is 4.83. The molecule has 2 amide bonds. The van der Waals surface area contributed by atoms with Gasteiger partial charge in [-0.3, -0.25) is 9.59 Å². The molecule has 1 unspecified atom stereocenters. The number of piperazine rings is 1. The van der Waals surface area contributed by atoms with Crippen molar-refractivity contribution in [2.24, 2.45) is 5.73 Å². The van der Waals surface area contributed by atoms with Crippen molar-refractivity contribution >= 4 is 27.7 Å². The fraction of sp³-hybridized carbons (Fsp3) is 0.385. The Bertz CT molecular complexity index is 519. The van der Waals surface area contributed by atoms with Crippen molar-refractivity contribution in [1.82, 2.24) is 10.2 Å². The molecule has 1 aromatic rings. The summed E-state index contributed by atoms with van der Waals surface area (Å²) in [4.78, 5) is 25.4. The summed E-state index contributed by atoms with van der Waals surface area (Å²) in [6.45, 7) is 3.52. The molecule has 0 radical (unpaired) electrons. The molecule has 5 nitrogen and oxygen atoms in total. The average Bonchev–Trinajstić information content (AvgIpc) is 2.41. The Morgan fingerprint density at radius 2 is 2.21 bits per heavy atom. The average molecular weight is 326 g/mol. The summed E-state index contributed by atoms with van der Waals surface area (Å²) in [5.41, 5.74) is 6.96. The number of primary amides is 1. The van der Waals surface area contributed by atoms with Crippen LogP contribution in [0, 0.1) is 6.92 Å². The van der Waals surface area contributed by atoms with E-state index in [1.165, 1.54) is 4.90 Å². The van der Waals surface area contributed by atoms with Crippen LogP contribution in [-0.2, 0) is 4.79 Å². The number of amides is 2. The Hall–Kier alpha value is -1.40. The number of hydrogen-bond donors (Lipinski definition) is 2. The summed E-state index contributed by atoms with van der Waals surface area (Å²) in [5, 5.41) is 3.07. The smallest absolute Gasteiger partial charge is 0.254 e. The zero-order chi connectivity index (χ0) is 14.0. The van der Waals surface area contributed by atoms with E-state index in [4.69, 9.17) is 5.73 Å². The van der Waals surface area contributed by atoms with E-state index in [-0.39, 0.29) is 5.91 Å². The van der Waals surface area contributed by atoms with E-state index in [1.54, 1.807) is 12.1 Å². The van der Waals surface area contributed by atoms with Gasteiger partial charge in [-0.2, -0.15) is 0 Å². The molecule has 0 saturated carbocycles. The van der Waals surface area contributed by atoms with Crippen molar-refractivity contribution in [2.45, 2.75) is 13.0 Å². The number of rotatable bonds is 2. The van der Waals surface area contributed by atoms with Crippen molar-refractivity contribution in [2.75, 3.05) is 19.6 Å². The largest absolute Gasteiger partial charge is 0.368 e. The monoisotopic (exact) mass is 325 g/mol. The van der Waals surface area contributed by atoms with Gasteiger partial charge in [0, 0.05) is 29.7 Å². The van der Waals surface area contributed by atoms with Gasteiger partial charge >= 0.3 is 0 Å². The van der Waals surface area contributed by atoms with E-state index >= 15 is 0 Å². The summed E-state index contributed by atoms with van der Waals surface area (Å²) in [7, 11) is 0. The van der Waals surface area contributed by atoms with E-state index in [9.17, 15) is 9.59 Å². The Kier molecular flexibility index (Phi) is 4.21. The third-order valence-corrected chi connectivity index (χ3v) is 4.11. The summed E-state index contributed by atoms with van der Waals surface area (Å²) < 4.78 is 0.879. The molecule has 1 aromatic carbocycles. The van der Waals surface area contributed by atoms with Gasteiger partial charge in [-0.05, 0) is 24.6 Å². The zero-order valence-corrected chi connectivity index (χ0v) is 12.2. The van der Waals surface area contributed by atoms with Crippen LogP contribution in [-0.4, -0.2) is 42.4 Å². The number of benzene rings is 1. The number of carbonyl (C=O) groups is 2. The fourth-order valence-corrected chi connectivity index (χ4v) is 2.47. The Morgan fingerprint density at radius 1 is 1.47 bits per heavy atom. The van der Waals surface area contributed by atoms with Gasteiger partial charge in [0.1, 0.15) is 6.04 Å². The zero-order valence-electron chi connectivity index (χ0n) is 10.6. The second-order valence-corrected chi connectivity index (χ2v) is 5.44. The first-order valence-electron chi connectivity index (χ1n) is 6.08. The molecule has 2 rings (SSSR count). The Labute approximate surface area is 120 Å². The van der Waals surface area contributed by atoms with Crippen LogP contribution in [0.2, 0.25) is 0 Å². The highest BCUT2D eigenvalue weighted by Gasteiger charge is 2.31. The molecule has 0 bridgehead atoms. The lowest BCUT2D eigenvalue weighted by Gasteiger charge is -2.34. The molecule has 1 aliphatic rings. The molecule has 1 saturated heterocycles. The summed E-state index contributed by atoms with van der Waals surface area (Å²) in [6.07, 6.45) is 0. The quantitative estimate of drug-likeness (QED) is 0.838. The van der Waals surface area contributed by atoms with Crippen LogP contribution in [0.5, 0.6) is 0 Å². The van der Waals surface area contributed by atoms with Gasteiger partial charge in [0.2, 0.25) is 5.91 Å². The highest BCUT2D eigenvalue weighted by atomic mass is 79.9. The Morgan fingerprint density at radius 3 is 2.84 bits per heavy atom. The van der Waals surface area contributed by atoms with Gasteiger partial charge in [0.05, 0.1) is 0 Å². The van der Waals surface area contributed by atoms with Crippen molar-refractivity contribution < 1.29 is 9.59 Å². The Balaban J connectivity index is 2.26. The maximum absolute atomic E-state index is 12.4. The molecule has 6 heteroatoms. The normalized spacial score (nSPS) is 19.3. The SMILES string of the molecule is Cc1ccc(C(=O)N2CCNCC2C(N)=O)cc1Br. The lowest BCUT2D eigenvalue weighted by atomic mass is 10.1. The van der Waals surface area contributed by atoms with Gasteiger partial charge in [-0.1, -0.05) is 22.0 Å². The molecule has 0 aromatic heterocycles. The highest BCUT2D eigenvalue weighted by Crippen LogP contribution is 2.19. The molecule has 19 heavy (non-hydrogen) atoms. The second-order valence-electron chi connectivity index (χ2n) is 4.58. The van der Waals surface area contributed by atoms with Crippen LogP contribution >= 0.6 is 15.9 Å². The van der Waals surface area contributed by atoms with Gasteiger partial charge in [0.15, 0.2) is 0 Å². The number of halogens is 1. The minimum absolute atomic E-state index is 0.161. The standard InChI is InChI=1S/C13H16BrN3O2/c1-8-2-3-9(6-10(8)14)13(19)17-5-4-16-7-11(17)12(15)18/h2-3,6,11,16H,4-5,7H2,1H3,(H2,15,18). The van der Waals surface area contributed by atoms with Crippen molar-refractivity contribution in [3.8, 4) is 0 Å². The van der Waals surface area contributed by atoms with E-state index in [2.05, 4.69) is 21.2 Å². The molecule has 0 spiro atoms. The van der Waals surface area contributed by atoms with Crippen LogP contribution in [0.3, 0.4) is 0 Å². The highest BCUT2D eigenvalue weighted by molar-refractivity contribution is 9.10. The number of nitrogens with two attached hydrogens (primary N) is 1. The summed E-state index contributed by atoms with van der Waals surface area (Å²) in [5.74, 6) is -0.641. The molecule has 1 fully saturated rings. The van der Waals surface area contributed by atoms with E-state index in [0.29, 0.717) is 25.2 Å². The lowest BCUT2D eigenvalue weighted by Crippen LogP contribution is -2.58. The van der Waals surface area contributed by atoms with Gasteiger partial charge in [0.25, 0.3) is 5.91 Å². The maximum atomic E-state index is 12.4. The van der Waals surface area contributed by atoms with Crippen LogP contribution in [0.1, 0.15) is 15.9 Å². The van der Waals surface area contributed by atoms with E-state index in [1.807, 2.05) is 13.0 Å². The molecular formula is C13H16BrN3O2. The third kappa shape index (κ3) is 2.96. The predicted octanol–water partition coefficient (Wildman–Crippen LogP) is 0.657. The maximum Gasteiger partial charge on any atom is 0.254 e. The number of nitrogens with one attached hydrogen (secondary N) is 1. The predicted molar refractivity (Wildman–Crippen MR) is 75.8 cm³/mol. The van der Waals surface area contributed by atoms with Crippen molar-refractivity contribution in [3.63, 3.8) is 0 Å². The van der Waals surface area contributed by atoms with Gasteiger partial charge in [-0.15, -0.1) is 0 Å². The number of nitrogens with zero attached hydrogens (tertiary/aromatic N) is 1. The van der Waals surface area contributed by atoms with Crippen LogP contribution in [0.15, 0.2) is 22.7 Å². The number of carbonyl (C=O) groups excluding carboxylic acids is 2. The van der Waals surface area contributed by atoms with Gasteiger partial charge < -0.3 is 16.0 Å². The summed E-state index contributed by atoms with van der Waals surface area (Å²) >= 11 is 3.41. The lowest BCUT2D eigenvalue weighted by molar-refractivity contribution is -0.122. The number of hydrogen-bond acceptors (Lipinski definition) is 3. The molecule has 102 valence electrons. The fourth-order valence-electron chi connectivity index (χ4n) is 2.09. The third-order valence-electron chi connectivity index (χ3n) is 3.25. The molecule has 3 N–H and O–H groups in total. The minimum atomic E-state index is -0.582. The minimum Gasteiger partial charge on any atom is -0.368 e.